The molecule has 0 radical (unpaired) electrons. The Morgan fingerprint density at radius 3 is 2.62 bits per heavy atom. The fourth-order valence-corrected chi connectivity index (χ4v) is 5.64. The van der Waals surface area contributed by atoms with Crippen LogP contribution in [0.3, 0.4) is 0 Å². The molecule has 2 aromatic carbocycles. The number of nitrogens with zero attached hydrogens (tertiary/aromatic N) is 3. The number of amides is 1. The molecule has 5 rings (SSSR count). The molecule has 0 bridgehead atoms. The van der Waals surface area contributed by atoms with E-state index in [1.165, 1.54) is 11.8 Å². The minimum Gasteiger partial charge on any atom is -0.379 e. The SMILES string of the molecule is O=C(CSc1nc(CN2CCOCC2)nc2ccccc12)NC(c1ccccc1)c1cccs1. The summed E-state index contributed by atoms with van der Waals surface area (Å²) in [7, 11) is 0. The highest BCUT2D eigenvalue weighted by atomic mass is 32.2. The second kappa shape index (κ2) is 11.1. The number of fused-ring (bicyclic) bond motifs is 1. The number of carbonyl (C=O) groups is 1. The first kappa shape index (κ1) is 23.0. The van der Waals surface area contributed by atoms with E-state index < -0.39 is 0 Å². The number of thioether (sulfide) groups is 1. The third-order valence-electron chi connectivity index (χ3n) is 5.69. The Hall–Kier alpha value is -2.78. The molecule has 0 aliphatic carbocycles. The minimum atomic E-state index is -0.159. The van der Waals surface area contributed by atoms with Crippen LogP contribution in [0.25, 0.3) is 10.9 Å². The lowest BCUT2D eigenvalue weighted by Gasteiger charge is -2.26. The van der Waals surface area contributed by atoms with Crippen LogP contribution in [0.5, 0.6) is 0 Å². The Labute approximate surface area is 207 Å². The van der Waals surface area contributed by atoms with Gasteiger partial charge < -0.3 is 10.1 Å². The van der Waals surface area contributed by atoms with Crippen LogP contribution in [0.4, 0.5) is 0 Å². The van der Waals surface area contributed by atoms with Gasteiger partial charge in [-0.05, 0) is 23.1 Å². The number of para-hydroxylation sites is 1. The zero-order valence-corrected chi connectivity index (χ0v) is 20.4. The fourth-order valence-electron chi connectivity index (χ4n) is 3.99. The number of ether oxygens (including phenoxy) is 1. The third-order valence-corrected chi connectivity index (χ3v) is 7.62. The molecule has 0 spiro atoms. The fraction of sp³-hybridized carbons (Fsp3) is 0.269. The quantitative estimate of drug-likeness (QED) is 0.289. The van der Waals surface area contributed by atoms with E-state index in [4.69, 9.17) is 14.7 Å². The lowest BCUT2D eigenvalue weighted by molar-refractivity contribution is -0.119. The number of thiophene rings is 1. The van der Waals surface area contributed by atoms with Crippen LogP contribution in [0, 0.1) is 0 Å². The number of benzene rings is 2. The van der Waals surface area contributed by atoms with Crippen LogP contribution in [-0.4, -0.2) is 52.8 Å². The van der Waals surface area contributed by atoms with Crippen molar-refractivity contribution in [1.29, 1.82) is 0 Å². The van der Waals surface area contributed by atoms with E-state index in [2.05, 4.69) is 16.3 Å². The molecule has 4 aromatic rings. The van der Waals surface area contributed by atoms with E-state index in [1.54, 1.807) is 11.3 Å². The van der Waals surface area contributed by atoms with Crippen molar-refractivity contribution in [2.45, 2.75) is 17.6 Å². The largest absolute Gasteiger partial charge is 0.379 e. The van der Waals surface area contributed by atoms with Gasteiger partial charge in [0.15, 0.2) is 0 Å². The van der Waals surface area contributed by atoms with Gasteiger partial charge in [0.05, 0.1) is 37.1 Å². The van der Waals surface area contributed by atoms with Crippen molar-refractivity contribution in [3.63, 3.8) is 0 Å². The molecule has 1 N–H and O–H groups in total. The molecule has 1 unspecified atom stereocenters. The third kappa shape index (κ3) is 5.64. The molecule has 6 nitrogen and oxygen atoms in total. The lowest BCUT2D eigenvalue weighted by atomic mass is 10.1. The number of aromatic nitrogens is 2. The highest BCUT2D eigenvalue weighted by Gasteiger charge is 2.19. The van der Waals surface area contributed by atoms with E-state index in [0.717, 1.165) is 58.5 Å². The van der Waals surface area contributed by atoms with E-state index >= 15 is 0 Å². The Balaban J connectivity index is 1.32. The Kier molecular flexibility index (Phi) is 7.50. The summed E-state index contributed by atoms with van der Waals surface area (Å²) in [5, 5.41) is 7.08. The standard InChI is InChI=1S/C26H26N4O2S2/c31-24(29-25(22-11-6-16-33-22)19-7-2-1-3-8-19)18-34-26-20-9-4-5-10-21(20)27-23(28-26)17-30-12-14-32-15-13-30/h1-11,16,25H,12-15,17-18H2,(H,29,31). The Morgan fingerprint density at radius 2 is 1.82 bits per heavy atom. The molecule has 8 heteroatoms. The van der Waals surface area contributed by atoms with Gasteiger partial charge in [-0.25, -0.2) is 9.97 Å². The molecule has 34 heavy (non-hydrogen) atoms. The predicted octanol–water partition coefficient (Wildman–Crippen LogP) is 4.52. The molecule has 1 aliphatic heterocycles. The van der Waals surface area contributed by atoms with E-state index in [9.17, 15) is 4.79 Å². The summed E-state index contributed by atoms with van der Waals surface area (Å²) in [4.78, 5) is 26.1. The highest BCUT2D eigenvalue weighted by molar-refractivity contribution is 8.00. The number of morpholine rings is 1. The molecule has 1 amide bonds. The van der Waals surface area contributed by atoms with Gasteiger partial charge in [-0.1, -0.05) is 66.4 Å². The first-order valence-corrected chi connectivity index (χ1v) is 13.2. The lowest BCUT2D eigenvalue weighted by Crippen LogP contribution is -2.36. The maximum absolute atomic E-state index is 13.0. The molecular formula is C26H26N4O2S2. The van der Waals surface area contributed by atoms with Crippen molar-refractivity contribution in [2.24, 2.45) is 0 Å². The number of nitrogens with one attached hydrogen (secondary N) is 1. The zero-order chi connectivity index (χ0) is 23.2. The molecule has 1 aliphatic rings. The van der Waals surface area contributed by atoms with Crippen molar-refractivity contribution in [2.75, 3.05) is 32.1 Å². The Morgan fingerprint density at radius 1 is 1.03 bits per heavy atom. The van der Waals surface area contributed by atoms with Crippen molar-refractivity contribution >= 4 is 39.9 Å². The highest BCUT2D eigenvalue weighted by Crippen LogP contribution is 2.28. The molecule has 3 heterocycles. The van der Waals surface area contributed by atoms with Crippen LogP contribution in [-0.2, 0) is 16.1 Å². The van der Waals surface area contributed by atoms with Crippen LogP contribution in [0.15, 0.2) is 77.1 Å². The van der Waals surface area contributed by atoms with Crippen molar-refractivity contribution in [3.05, 3.63) is 88.4 Å². The molecule has 1 fully saturated rings. The summed E-state index contributed by atoms with van der Waals surface area (Å²) >= 11 is 3.11. The number of carbonyl (C=O) groups excluding carboxylic acids is 1. The molecule has 174 valence electrons. The first-order valence-electron chi connectivity index (χ1n) is 11.3. The summed E-state index contributed by atoms with van der Waals surface area (Å²) < 4.78 is 5.46. The van der Waals surface area contributed by atoms with Crippen molar-refractivity contribution in [3.8, 4) is 0 Å². The average molecular weight is 491 g/mol. The molecule has 2 aromatic heterocycles. The van der Waals surface area contributed by atoms with Gasteiger partial charge in [0.2, 0.25) is 5.91 Å². The zero-order valence-electron chi connectivity index (χ0n) is 18.7. The van der Waals surface area contributed by atoms with Gasteiger partial charge in [-0.2, -0.15) is 0 Å². The molecule has 0 saturated carbocycles. The summed E-state index contributed by atoms with van der Waals surface area (Å²) in [6.07, 6.45) is 0. The van der Waals surface area contributed by atoms with Crippen LogP contribution < -0.4 is 5.32 Å². The second-order valence-electron chi connectivity index (χ2n) is 8.07. The summed E-state index contributed by atoms with van der Waals surface area (Å²) in [5.74, 6) is 1.04. The number of rotatable bonds is 8. The summed E-state index contributed by atoms with van der Waals surface area (Å²) in [6.45, 7) is 3.92. The van der Waals surface area contributed by atoms with Crippen LogP contribution in [0.1, 0.15) is 22.3 Å². The first-order chi connectivity index (χ1) is 16.8. The predicted molar refractivity (Wildman–Crippen MR) is 137 cm³/mol. The van der Waals surface area contributed by atoms with E-state index in [-0.39, 0.29) is 17.7 Å². The topological polar surface area (TPSA) is 67.4 Å². The van der Waals surface area contributed by atoms with Crippen molar-refractivity contribution < 1.29 is 9.53 Å². The van der Waals surface area contributed by atoms with E-state index in [1.807, 2.05) is 66.0 Å². The smallest absolute Gasteiger partial charge is 0.231 e. The van der Waals surface area contributed by atoms with Crippen molar-refractivity contribution in [1.82, 2.24) is 20.2 Å². The van der Waals surface area contributed by atoms with E-state index in [0.29, 0.717) is 6.54 Å². The van der Waals surface area contributed by atoms with Gasteiger partial charge in [-0.15, -0.1) is 11.3 Å². The van der Waals surface area contributed by atoms with Gasteiger partial charge in [0.25, 0.3) is 0 Å². The maximum Gasteiger partial charge on any atom is 0.231 e. The van der Waals surface area contributed by atoms with Gasteiger partial charge in [-0.3, -0.25) is 9.69 Å². The molecule has 1 saturated heterocycles. The normalized spacial score (nSPS) is 15.3. The number of hydrogen-bond acceptors (Lipinski definition) is 7. The Bertz CT molecular complexity index is 1230. The van der Waals surface area contributed by atoms with Crippen LogP contribution in [0.2, 0.25) is 0 Å². The summed E-state index contributed by atoms with van der Waals surface area (Å²) in [6, 6.07) is 22.0. The van der Waals surface area contributed by atoms with Gasteiger partial charge >= 0.3 is 0 Å². The summed E-state index contributed by atoms with van der Waals surface area (Å²) in [5.41, 5.74) is 1.98. The van der Waals surface area contributed by atoms with Gasteiger partial charge in [0.1, 0.15) is 10.9 Å². The second-order valence-corrected chi connectivity index (χ2v) is 10.0. The number of hydrogen-bond donors (Lipinski definition) is 1. The molecule has 1 atom stereocenters. The minimum absolute atomic E-state index is 0.0234. The van der Waals surface area contributed by atoms with Crippen LogP contribution >= 0.6 is 23.1 Å². The average Bonchev–Trinajstić information content (AvgIpc) is 3.42. The molecular weight excluding hydrogens is 464 g/mol. The van der Waals surface area contributed by atoms with Gasteiger partial charge in [0, 0.05) is 23.4 Å². The maximum atomic E-state index is 13.0. The monoisotopic (exact) mass is 490 g/mol.